The Morgan fingerprint density at radius 3 is 2.88 bits per heavy atom. The molecule has 2 aromatic rings. The second kappa shape index (κ2) is 5.24. The highest BCUT2D eigenvalue weighted by molar-refractivity contribution is 5.99. The molecule has 2 aliphatic heterocycles. The minimum atomic E-state index is -0.0000219. The number of allylic oxidation sites excluding steroid dienone is 1. The molecule has 4 rings (SSSR count). The number of anilines is 1. The van der Waals surface area contributed by atoms with Crippen molar-refractivity contribution in [3.63, 3.8) is 0 Å². The fraction of sp³-hybridized carbons (Fsp3) is 0.316. The van der Waals surface area contributed by atoms with Gasteiger partial charge in [-0.2, -0.15) is 0 Å². The zero-order valence-electron chi connectivity index (χ0n) is 14.0. The van der Waals surface area contributed by atoms with Gasteiger partial charge in [0.05, 0.1) is 17.2 Å². The van der Waals surface area contributed by atoms with Crippen LogP contribution in [-0.2, 0) is 6.54 Å². The molecular weight excluding hydrogens is 302 g/mol. The van der Waals surface area contributed by atoms with E-state index in [9.17, 15) is 4.79 Å². The summed E-state index contributed by atoms with van der Waals surface area (Å²) in [6.07, 6.45) is 4.07. The molecule has 0 aliphatic carbocycles. The summed E-state index contributed by atoms with van der Waals surface area (Å²) < 4.78 is 7.91. The maximum atomic E-state index is 12.4. The number of nitrogens with two attached hydrogens (primary N) is 1. The van der Waals surface area contributed by atoms with Gasteiger partial charge in [-0.25, -0.2) is 0 Å². The van der Waals surface area contributed by atoms with Crippen LogP contribution >= 0.6 is 0 Å². The average molecular weight is 323 g/mol. The summed E-state index contributed by atoms with van der Waals surface area (Å²) in [5.41, 5.74) is 10.7. The van der Waals surface area contributed by atoms with Gasteiger partial charge in [-0.1, -0.05) is 12.7 Å². The SMILES string of the molecule is C=C1C=Cc2cc3c(C)cc(=O)n(CC)c3c3c2N1[C@@H](CN)CO3. The Labute approximate surface area is 140 Å². The Balaban J connectivity index is 2.16. The molecule has 2 N–H and O–H groups in total. The van der Waals surface area contributed by atoms with Crippen LogP contribution in [0.5, 0.6) is 5.75 Å². The number of fused-ring (bicyclic) bond motifs is 2. The second-order valence-corrected chi connectivity index (χ2v) is 6.34. The van der Waals surface area contributed by atoms with Crippen LogP contribution in [0.1, 0.15) is 18.1 Å². The van der Waals surface area contributed by atoms with Crippen LogP contribution in [0.4, 0.5) is 5.69 Å². The largest absolute Gasteiger partial charge is 0.487 e. The third kappa shape index (κ3) is 1.88. The highest BCUT2D eigenvalue weighted by atomic mass is 16.5. The van der Waals surface area contributed by atoms with Crippen LogP contribution in [0.2, 0.25) is 0 Å². The van der Waals surface area contributed by atoms with Gasteiger partial charge in [0, 0.05) is 35.8 Å². The molecule has 5 heteroatoms. The van der Waals surface area contributed by atoms with Crippen LogP contribution in [0.3, 0.4) is 0 Å². The molecule has 1 atom stereocenters. The molecule has 0 bridgehead atoms. The topological polar surface area (TPSA) is 60.5 Å². The highest BCUT2D eigenvalue weighted by Crippen LogP contribution is 2.47. The van der Waals surface area contributed by atoms with Gasteiger partial charge in [-0.3, -0.25) is 4.79 Å². The number of hydrogen-bond acceptors (Lipinski definition) is 4. The molecule has 1 aromatic heterocycles. The molecule has 124 valence electrons. The van der Waals surface area contributed by atoms with E-state index in [-0.39, 0.29) is 11.6 Å². The minimum absolute atomic E-state index is 0.0000219. The number of pyridine rings is 1. The van der Waals surface area contributed by atoms with Crippen molar-refractivity contribution in [1.29, 1.82) is 0 Å². The summed E-state index contributed by atoms with van der Waals surface area (Å²) in [6.45, 7) is 9.67. The first-order valence-electron chi connectivity index (χ1n) is 8.27. The van der Waals surface area contributed by atoms with Gasteiger partial charge in [0.2, 0.25) is 0 Å². The lowest BCUT2D eigenvalue weighted by Gasteiger charge is -2.41. The number of hydrogen-bond donors (Lipinski definition) is 1. The normalized spacial score (nSPS) is 18.7. The molecule has 0 fully saturated rings. The summed E-state index contributed by atoms with van der Waals surface area (Å²) >= 11 is 0. The standard InChI is InChI=1S/C19H21N3O2/c1-4-21-16(23)7-11(2)15-8-13-6-5-12(3)22-14(9-20)10-24-19(17(13)22)18(15)21/h5-8,14H,3-4,9-10,20H2,1-2H3/t14-/m0/s1. The molecule has 24 heavy (non-hydrogen) atoms. The summed E-state index contributed by atoms with van der Waals surface area (Å²) in [5.74, 6) is 0.764. The van der Waals surface area contributed by atoms with Gasteiger partial charge in [0.25, 0.3) is 5.56 Å². The average Bonchev–Trinajstić information content (AvgIpc) is 2.58. The van der Waals surface area contributed by atoms with Crippen molar-refractivity contribution < 1.29 is 4.74 Å². The van der Waals surface area contributed by atoms with Crippen LogP contribution in [0, 0.1) is 6.92 Å². The monoisotopic (exact) mass is 323 g/mol. The number of nitrogens with zero attached hydrogens (tertiary/aromatic N) is 2. The van der Waals surface area contributed by atoms with Crippen molar-refractivity contribution in [3.05, 3.63) is 52.0 Å². The van der Waals surface area contributed by atoms with E-state index in [4.69, 9.17) is 10.5 Å². The highest BCUT2D eigenvalue weighted by Gasteiger charge is 2.34. The molecule has 0 amide bonds. The Morgan fingerprint density at radius 2 is 2.17 bits per heavy atom. The van der Waals surface area contributed by atoms with E-state index in [1.165, 1.54) is 0 Å². The Morgan fingerprint density at radius 1 is 1.38 bits per heavy atom. The predicted molar refractivity (Wildman–Crippen MR) is 97.6 cm³/mol. The van der Waals surface area contributed by atoms with Crippen molar-refractivity contribution in [2.24, 2.45) is 5.73 Å². The van der Waals surface area contributed by atoms with Crippen molar-refractivity contribution >= 4 is 22.7 Å². The fourth-order valence-electron chi connectivity index (χ4n) is 3.76. The fourth-order valence-corrected chi connectivity index (χ4v) is 3.76. The van der Waals surface area contributed by atoms with E-state index < -0.39 is 0 Å². The maximum absolute atomic E-state index is 12.4. The third-order valence-corrected chi connectivity index (χ3v) is 4.94. The third-order valence-electron chi connectivity index (χ3n) is 4.94. The first-order valence-corrected chi connectivity index (χ1v) is 8.27. The first-order chi connectivity index (χ1) is 11.6. The van der Waals surface area contributed by atoms with Gasteiger partial charge >= 0.3 is 0 Å². The number of rotatable bonds is 2. The molecule has 0 unspecified atom stereocenters. The Hall–Kier alpha value is -2.53. The van der Waals surface area contributed by atoms with E-state index in [0.29, 0.717) is 19.7 Å². The lowest BCUT2D eigenvalue weighted by atomic mass is 9.96. The number of ether oxygens (including phenoxy) is 1. The van der Waals surface area contributed by atoms with Crippen LogP contribution in [0.15, 0.2) is 35.3 Å². The predicted octanol–water partition coefficient (Wildman–Crippen LogP) is 2.40. The van der Waals surface area contributed by atoms with Gasteiger partial charge in [-0.15, -0.1) is 0 Å². The first kappa shape index (κ1) is 15.0. The van der Waals surface area contributed by atoms with Crippen molar-refractivity contribution in [2.75, 3.05) is 18.1 Å². The Bertz CT molecular complexity index is 955. The van der Waals surface area contributed by atoms with Crippen molar-refractivity contribution in [1.82, 2.24) is 4.57 Å². The van der Waals surface area contributed by atoms with Crippen molar-refractivity contribution in [3.8, 4) is 5.75 Å². The molecule has 1 aromatic carbocycles. The van der Waals surface area contributed by atoms with E-state index in [1.54, 1.807) is 10.6 Å². The summed E-state index contributed by atoms with van der Waals surface area (Å²) in [4.78, 5) is 14.6. The smallest absolute Gasteiger partial charge is 0.251 e. The molecule has 0 saturated carbocycles. The van der Waals surface area contributed by atoms with Crippen LogP contribution in [-0.4, -0.2) is 23.8 Å². The Kier molecular flexibility index (Phi) is 3.28. The zero-order valence-corrected chi connectivity index (χ0v) is 14.0. The molecule has 0 saturated heterocycles. The molecule has 0 radical (unpaired) electrons. The lowest BCUT2D eigenvalue weighted by molar-refractivity contribution is 0.272. The maximum Gasteiger partial charge on any atom is 0.251 e. The summed E-state index contributed by atoms with van der Waals surface area (Å²) in [7, 11) is 0. The number of benzene rings is 1. The van der Waals surface area contributed by atoms with Crippen molar-refractivity contribution in [2.45, 2.75) is 26.4 Å². The van der Waals surface area contributed by atoms with Gasteiger partial charge in [-0.05, 0) is 31.6 Å². The van der Waals surface area contributed by atoms with Gasteiger partial charge in [0.1, 0.15) is 6.61 Å². The van der Waals surface area contributed by atoms with Gasteiger partial charge < -0.3 is 19.9 Å². The minimum Gasteiger partial charge on any atom is -0.487 e. The number of aryl methyl sites for hydroxylation is 2. The second-order valence-electron chi connectivity index (χ2n) is 6.34. The molecule has 0 spiro atoms. The van der Waals surface area contributed by atoms with E-state index >= 15 is 0 Å². The van der Waals surface area contributed by atoms with E-state index in [2.05, 4.69) is 23.6 Å². The van der Waals surface area contributed by atoms with E-state index in [0.717, 1.165) is 39.2 Å². The van der Waals surface area contributed by atoms with Crippen LogP contribution in [0.25, 0.3) is 17.0 Å². The number of aromatic nitrogens is 1. The summed E-state index contributed by atoms with van der Waals surface area (Å²) in [5, 5.41) is 1.05. The van der Waals surface area contributed by atoms with Crippen LogP contribution < -0.4 is 20.9 Å². The quantitative estimate of drug-likeness (QED) is 0.922. The summed E-state index contributed by atoms with van der Waals surface area (Å²) in [6, 6.07) is 3.88. The molecule has 2 aliphatic rings. The van der Waals surface area contributed by atoms with Gasteiger partial charge in [0.15, 0.2) is 5.75 Å². The molecule has 5 nitrogen and oxygen atoms in total. The molecular formula is C19H21N3O2. The lowest BCUT2D eigenvalue weighted by Crippen LogP contribution is -2.47. The molecule has 3 heterocycles. The zero-order chi connectivity index (χ0) is 17.0. The van der Waals surface area contributed by atoms with E-state index in [1.807, 2.05) is 19.9 Å².